The number of hydrogen-bond donors (Lipinski definition) is 1. The van der Waals surface area contributed by atoms with Gasteiger partial charge in [-0.25, -0.2) is 9.18 Å². The number of hydrogen-bond acceptors (Lipinski definition) is 3. The lowest BCUT2D eigenvalue weighted by Crippen LogP contribution is -2.33. The van der Waals surface area contributed by atoms with E-state index in [1.54, 1.807) is 12.1 Å². The minimum atomic E-state index is -0.575. The summed E-state index contributed by atoms with van der Waals surface area (Å²) in [5.74, 6) is 0.897. The molecule has 1 aliphatic carbocycles. The summed E-state index contributed by atoms with van der Waals surface area (Å²) in [4.78, 5) is 11.7. The van der Waals surface area contributed by atoms with Crippen LogP contribution in [0.3, 0.4) is 0 Å². The lowest BCUT2D eigenvalue weighted by atomic mass is 10.1. The van der Waals surface area contributed by atoms with Crippen LogP contribution in [0.25, 0.3) is 0 Å². The number of ether oxygens (including phenoxy) is 2. The summed E-state index contributed by atoms with van der Waals surface area (Å²) in [6.45, 7) is 5.31. The molecule has 1 aromatic rings. The standard InChI is InChI=1S/C17H22Cl2FNO3/c1-17(2,3)24-16(22)21-9-10-8-11(10)14-13(23-7-6-20)5-4-12(18)15(14)19/h4-5,10-11H,6-9H2,1-3H3,(H,21,22). The summed E-state index contributed by atoms with van der Waals surface area (Å²) in [5.41, 5.74) is 0.255. The van der Waals surface area contributed by atoms with Crippen molar-refractivity contribution in [3.05, 3.63) is 27.7 Å². The highest BCUT2D eigenvalue weighted by molar-refractivity contribution is 6.42. The highest BCUT2D eigenvalue weighted by Gasteiger charge is 2.42. The molecule has 0 spiro atoms. The number of alkyl carbamates (subject to hydrolysis) is 1. The topological polar surface area (TPSA) is 47.6 Å². The summed E-state index contributed by atoms with van der Waals surface area (Å²) in [6, 6.07) is 3.34. The first-order valence-electron chi connectivity index (χ1n) is 7.86. The van der Waals surface area contributed by atoms with Crippen molar-refractivity contribution >= 4 is 29.3 Å². The van der Waals surface area contributed by atoms with Crippen LogP contribution in [0.15, 0.2) is 12.1 Å². The molecule has 1 amide bonds. The fourth-order valence-electron chi connectivity index (χ4n) is 2.52. The predicted octanol–water partition coefficient (Wildman–Crippen LogP) is 4.97. The first-order chi connectivity index (χ1) is 11.2. The number of alkyl halides is 1. The molecule has 0 radical (unpaired) electrons. The molecule has 0 saturated heterocycles. The number of carbonyl (C=O) groups is 1. The monoisotopic (exact) mass is 377 g/mol. The molecule has 0 aromatic heterocycles. The first-order valence-corrected chi connectivity index (χ1v) is 8.62. The van der Waals surface area contributed by atoms with Crippen molar-refractivity contribution < 1.29 is 18.7 Å². The largest absolute Gasteiger partial charge is 0.491 e. The highest BCUT2D eigenvalue weighted by Crippen LogP contribution is 2.53. The van der Waals surface area contributed by atoms with Gasteiger partial charge in [-0.15, -0.1) is 0 Å². The molecule has 1 N–H and O–H groups in total. The maximum absolute atomic E-state index is 12.4. The van der Waals surface area contributed by atoms with E-state index in [0.29, 0.717) is 22.3 Å². The number of rotatable bonds is 6. The van der Waals surface area contributed by atoms with E-state index in [0.717, 1.165) is 12.0 Å². The third kappa shape index (κ3) is 5.15. The van der Waals surface area contributed by atoms with Gasteiger partial charge in [0.15, 0.2) is 0 Å². The van der Waals surface area contributed by atoms with Gasteiger partial charge in [-0.05, 0) is 51.2 Å². The Bertz CT molecular complexity index is 604. The Morgan fingerprint density at radius 2 is 2.08 bits per heavy atom. The minimum Gasteiger partial charge on any atom is -0.491 e. The Labute approximate surface area is 151 Å². The van der Waals surface area contributed by atoms with Crippen molar-refractivity contribution in [2.24, 2.45) is 5.92 Å². The normalized spacial score (nSPS) is 19.8. The van der Waals surface area contributed by atoms with Gasteiger partial charge in [0.1, 0.15) is 24.6 Å². The molecule has 1 aromatic carbocycles. The molecule has 4 nitrogen and oxygen atoms in total. The van der Waals surface area contributed by atoms with Gasteiger partial charge in [-0.1, -0.05) is 23.2 Å². The van der Waals surface area contributed by atoms with Gasteiger partial charge in [0.2, 0.25) is 0 Å². The smallest absolute Gasteiger partial charge is 0.407 e. The maximum atomic E-state index is 12.4. The third-order valence-corrected chi connectivity index (χ3v) is 4.45. The fourth-order valence-corrected chi connectivity index (χ4v) is 2.98. The Morgan fingerprint density at radius 1 is 1.38 bits per heavy atom. The van der Waals surface area contributed by atoms with E-state index in [4.69, 9.17) is 32.7 Å². The Balaban J connectivity index is 1.99. The summed E-state index contributed by atoms with van der Waals surface area (Å²) in [5, 5.41) is 3.62. The predicted molar refractivity (Wildman–Crippen MR) is 93.0 cm³/mol. The van der Waals surface area contributed by atoms with Crippen LogP contribution in [0.1, 0.15) is 38.7 Å². The molecule has 2 unspecified atom stereocenters. The van der Waals surface area contributed by atoms with Crippen LogP contribution in [-0.4, -0.2) is 31.5 Å². The molecule has 2 atom stereocenters. The van der Waals surface area contributed by atoms with Crippen LogP contribution in [-0.2, 0) is 4.74 Å². The van der Waals surface area contributed by atoms with Gasteiger partial charge in [0, 0.05) is 12.1 Å². The Hall–Kier alpha value is -1.20. The molecular weight excluding hydrogens is 356 g/mol. The van der Waals surface area contributed by atoms with Gasteiger partial charge in [-0.2, -0.15) is 0 Å². The maximum Gasteiger partial charge on any atom is 0.407 e. The third-order valence-electron chi connectivity index (χ3n) is 3.63. The molecule has 7 heteroatoms. The van der Waals surface area contributed by atoms with Crippen molar-refractivity contribution in [3.8, 4) is 5.75 Å². The SMILES string of the molecule is CC(C)(C)OC(=O)NCC1CC1c1c(OCCF)ccc(Cl)c1Cl. The van der Waals surface area contributed by atoms with Crippen molar-refractivity contribution in [2.75, 3.05) is 19.8 Å². The van der Waals surface area contributed by atoms with Gasteiger partial charge < -0.3 is 14.8 Å². The molecule has 2 rings (SSSR count). The second-order valence-electron chi connectivity index (χ2n) is 6.80. The zero-order valence-corrected chi connectivity index (χ0v) is 15.5. The van der Waals surface area contributed by atoms with Crippen molar-refractivity contribution in [2.45, 2.75) is 38.7 Å². The first kappa shape index (κ1) is 19.1. The Kier molecular flexibility index (Phi) is 6.21. The van der Waals surface area contributed by atoms with E-state index >= 15 is 0 Å². The van der Waals surface area contributed by atoms with Crippen molar-refractivity contribution in [1.82, 2.24) is 5.32 Å². The number of halogens is 3. The number of benzene rings is 1. The molecule has 1 saturated carbocycles. The number of carbonyl (C=O) groups excluding carboxylic acids is 1. The van der Waals surface area contributed by atoms with E-state index < -0.39 is 18.4 Å². The number of amides is 1. The molecule has 0 bridgehead atoms. The van der Waals surface area contributed by atoms with Gasteiger partial charge in [-0.3, -0.25) is 0 Å². The molecular formula is C17H22Cl2FNO3. The second-order valence-corrected chi connectivity index (χ2v) is 7.58. The zero-order valence-electron chi connectivity index (χ0n) is 14.0. The second kappa shape index (κ2) is 7.79. The minimum absolute atomic E-state index is 0.0293. The lowest BCUT2D eigenvalue weighted by Gasteiger charge is -2.19. The zero-order chi connectivity index (χ0) is 17.9. The molecule has 0 aliphatic heterocycles. The van der Waals surface area contributed by atoms with E-state index in [1.807, 2.05) is 20.8 Å². The van der Waals surface area contributed by atoms with Crippen molar-refractivity contribution in [1.29, 1.82) is 0 Å². The van der Waals surface area contributed by atoms with E-state index in [1.165, 1.54) is 0 Å². The van der Waals surface area contributed by atoms with E-state index in [2.05, 4.69) is 5.32 Å². The van der Waals surface area contributed by atoms with Crippen LogP contribution < -0.4 is 10.1 Å². The van der Waals surface area contributed by atoms with Crippen LogP contribution in [0, 0.1) is 5.92 Å². The molecule has 24 heavy (non-hydrogen) atoms. The Morgan fingerprint density at radius 3 is 2.71 bits per heavy atom. The fraction of sp³-hybridized carbons (Fsp3) is 0.588. The molecule has 134 valence electrons. The summed E-state index contributed by atoms with van der Waals surface area (Å²) in [7, 11) is 0. The van der Waals surface area contributed by atoms with Gasteiger partial charge in [0.25, 0.3) is 0 Å². The van der Waals surface area contributed by atoms with Crippen LogP contribution in [0.5, 0.6) is 5.75 Å². The lowest BCUT2D eigenvalue weighted by molar-refractivity contribution is 0.0525. The van der Waals surface area contributed by atoms with Crippen LogP contribution in [0.2, 0.25) is 10.0 Å². The number of nitrogens with one attached hydrogen (secondary N) is 1. The molecule has 1 fully saturated rings. The summed E-state index contributed by atoms with van der Waals surface area (Å²) < 4.78 is 23.0. The summed E-state index contributed by atoms with van der Waals surface area (Å²) in [6.07, 6.45) is 0.404. The summed E-state index contributed by atoms with van der Waals surface area (Å²) >= 11 is 12.4. The van der Waals surface area contributed by atoms with Gasteiger partial charge in [0.05, 0.1) is 10.0 Å². The van der Waals surface area contributed by atoms with Crippen molar-refractivity contribution in [3.63, 3.8) is 0 Å². The van der Waals surface area contributed by atoms with E-state index in [-0.39, 0.29) is 18.4 Å². The highest BCUT2D eigenvalue weighted by atomic mass is 35.5. The van der Waals surface area contributed by atoms with Gasteiger partial charge >= 0.3 is 6.09 Å². The van der Waals surface area contributed by atoms with Crippen LogP contribution in [0.4, 0.5) is 9.18 Å². The van der Waals surface area contributed by atoms with Crippen LogP contribution >= 0.6 is 23.2 Å². The quantitative estimate of drug-likeness (QED) is 0.760. The van der Waals surface area contributed by atoms with E-state index in [9.17, 15) is 9.18 Å². The molecule has 1 aliphatic rings. The average Bonchev–Trinajstić information content (AvgIpc) is 3.24. The average molecular weight is 378 g/mol. The molecule has 0 heterocycles.